The van der Waals surface area contributed by atoms with Gasteiger partial charge in [-0.3, -0.25) is 9.89 Å². The summed E-state index contributed by atoms with van der Waals surface area (Å²) in [5.74, 6) is 1.54. The van der Waals surface area contributed by atoms with Gasteiger partial charge in [0.1, 0.15) is 0 Å². The number of halogens is 1. The van der Waals surface area contributed by atoms with Crippen molar-refractivity contribution in [2.45, 2.75) is 40.0 Å². The van der Waals surface area contributed by atoms with Gasteiger partial charge in [-0.1, -0.05) is 26.7 Å². The zero-order chi connectivity index (χ0) is 15.3. The van der Waals surface area contributed by atoms with E-state index in [-0.39, 0.29) is 24.0 Å². The van der Waals surface area contributed by atoms with Crippen LogP contribution in [-0.2, 0) is 4.74 Å². The second-order valence-corrected chi connectivity index (χ2v) is 5.87. The van der Waals surface area contributed by atoms with Crippen molar-refractivity contribution in [1.29, 1.82) is 0 Å². The first-order valence-corrected chi connectivity index (χ1v) is 8.58. The molecule has 0 spiro atoms. The van der Waals surface area contributed by atoms with Gasteiger partial charge in [0.2, 0.25) is 0 Å². The lowest BCUT2D eigenvalue weighted by molar-refractivity contribution is 0.0323. The lowest BCUT2D eigenvalue weighted by Crippen LogP contribution is -2.40. The summed E-state index contributed by atoms with van der Waals surface area (Å²) in [5.41, 5.74) is 0. The van der Waals surface area contributed by atoms with E-state index in [1.54, 1.807) is 0 Å². The molecular formula is C16H35IN4O. The summed E-state index contributed by atoms with van der Waals surface area (Å²) in [6, 6.07) is 0. The zero-order valence-electron chi connectivity index (χ0n) is 14.6. The van der Waals surface area contributed by atoms with Crippen LogP contribution in [-0.4, -0.2) is 63.3 Å². The van der Waals surface area contributed by atoms with E-state index in [1.807, 2.05) is 0 Å². The third kappa shape index (κ3) is 10.6. The van der Waals surface area contributed by atoms with E-state index in [4.69, 9.17) is 9.73 Å². The monoisotopic (exact) mass is 426 g/mol. The van der Waals surface area contributed by atoms with Crippen LogP contribution in [0.15, 0.2) is 4.99 Å². The van der Waals surface area contributed by atoms with Crippen molar-refractivity contribution in [3.63, 3.8) is 0 Å². The van der Waals surface area contributed by atoms with Gasteiger partial charge in [-0.15, -0.1) is 24.0 Å². The van der Waals surface area contributed by atoms with Crippen LogP contribution in [0.2, 0.25) is 0 Å². The highest BCUT2D eigenvalue weighted by molar-refractivity contribution is 14.0. The minimum Gasteiger partial charge on any atom is -0.379 e. The molecule has 1 aliphatic rings. The second kappa shape index (κ2) is 14.5. The second-order valence-electron chi connectivity index (χ2n) is 5.87. The summed E-state index contributed by atoms with van der Waals surface area (Å²) >= 11 is 0. The van der Waals surface area contributed by atoms with Crippen LogP contribution in [0.5, 0.6) is 0 Å². The Bertz CT molecular complexity index is 283. The van der Waals surface area contributed by atoms with Crippen LogP contribution in [0.4, 0.5) is 0 Å². The van der Waals surface area contributed by atoms with E-state index < -0.39 is 0 Å². The molecule has 6 heteroatoms. The number of aliphatic imine (C=N–C) groups is 1. The van der Waals surface area contributed by atoms with Crippen molar-refractivity contribution in [3.05, 3.63) is 0 Å². The van der Waals surface area contributed by atoms with E-state index in [9.17, 15) is 0 Å². The lowest BCUT2D eigenvalue weighted by Gasteiger charge is -2.28. The van der Waals surface area contributed by atoms with Gasteiger partial charge >= 0.3 is 0 Å². The predicted octanol–water partition coefficient (Wildman–Crippen LogP) is 2.32. The molecule has 0 saturated carbocycles. The predicted molar refractivity (Wildman–Crippen MR) is 105 cm³/mol. The van der Waals surface area contributed by atoms with Crippen LogP contribution >= 0.6 is 24.0 Å². The third-order valence-electron chi connectivity index (χ3n) is 3.65. The smallest absolute Gasteiger partial charge is 0.191 e. The van der Waals surface area contributed by atoms with Crippen LogP contribution in [0.3, 0.4) is 0 Å². The molecule has 0 aromatic rings. The van der Waals surface area contributed by atoms with Crippen molar-refractivity contribution >= 4 is 29.9 Å². The molecule has 0 aromatic heterocycles. The molecule has 0 aliphatic carbocycles. The SMILES string of the molecule is CCCCCNC(=NCC(C)CN1CCOCC1)NCC.I. The van der Waals surface area contributed by atoms with Crippen LogP contribution in [0.1, 0.15) is 40.0 Å². The maximum absolute atomic E-state index is 5.39. The number of unbranched alkanes of at least 4 members (excludes halogenated alkanes) is 2. The van der Waals surface area contributed by atoms with Crippen LogP contribution in [0, 0.1) is 5.92 Å². The molecule has 1 atom stereocenters. The molecule has 2 N–H and O–H groups in total. The Morgan fingerprint density at radius 3 is 2.55 bits per heavy atom. The molecule has 1 aliphatic heterocycles. The van der Waals surface area contributed by atoms with E-state index >= 15 is 0 Å². The molecule has 0 bridgehead atoms. The standard InChI is InChI=1S/C16H34N4O.HI/c1-4-6-7-8-18-16(17-5-2)19-13-15(3)14-20-9-11-21-12-10-20;/h15H,4-14H2,1-3H3,(H2,17,18,19);1H. The van der Waals surface area contributed by atoms with Crippen molar-refractivity contribution < 1.29 is 4.74 Å². The maximum Gasteiger partial charge on any atom is 0.191 e. The molecule has 5 nitrogen and oxygen atoms in total. The molecule has 1 unspecified atom stereocenters. The van der Waals surface area contributed by atoms with E-state index in [1.165, 1.54) is 19.3 Å². The average molecular weight is 426 g/mol. The zero-order valence-corrected chi connectivity index (χ0v) is 16.9. The molecule has 0 aromatic carbocycles. The van der Waals surface area contributed by atoms with Gasteiger partial charge in [0.05, 0.1) is 13.2 Å². The Morgan fingerprint density at radius 1 is 1.18 bits per heavy atom. The Balaban J connectivity index is 0.00000441. The highest BCUT2D eigenvalue weighted by Crippen LogP contribution is 2.03. The van der Waals surface area contributed by atoms with Crippen molar-refractivity contribution in [1.82, 2.24) is 15.5 Å². The number of guanidine groups is 1. The summed E-state index contributed by atoms with van der Waals surface area (Å²) < 4.78 is 5.39. The molecule has 1 heterocycles. The van der Waals surface area contributed by atoms with E-state index in [2.05, 4.69) is 36.3 Å². The van der Waals surface area contributed by atoms with Crippen LogP contribution < -0.4 is 10.6 Å². The van der Waals surface area contributed by atoms with Gasteiger partial charge in [0, 0.05) is 39.3 Å². The third-order valence-corrected chi connectivity index (χ3v) is 3.65. The summed E-state index contributed by atoms with van der Waals surface area (Å²) in [7, 11) is 0. The lowest BCUT2D eigenvalue weighted by atomic mass is 10.1. The van der Waals surface area contributed by atoms with Gasteiger partial charge < -0.3 is 15.4 Å². The average Bonchev–Trinajstić information content (AvgIpc) is 2.50. The molecular weight excluding hydrogens is 391 g/mol. The number of nitrogens with one attached hydrogen (secondary N) is 2. The summed E-state index contributed by atoms with van der Waals surface area (Å²) in [4.78, 5) is 7.19. The van der Waals surface area contributed by atoms with Crippen molar-refractivity contribution in [2.24, 2.45) is 10.9 Å². The number of hydrogen-bond acceptors (Lipinski definition) is 3. The maximum atomic E-state index is 5.39. The molecule has 0 amide bonds. The summed E-state index contributed by atoms with van der Waals surface area (Å²) in [5, 5.41) is 6.74. The molecule has 0 radical (unpaired) electrons. The first-order valence-electron chi connectivity index (χ1n) is 8.58. The molecule has 1 rings (SSSR count). The summed E-state index contributed by atoms with van der Waals surface area (Å²) in [6.07, 6.45) is 3.75. The number of rotatable bonds is 9. The number of ether oxygens (including phenoxy) is 1. The largest absolute Gasteiger partial charge is 0.379 e. The van der Waals surface area contributed by atoms with Gasteiger partial charge in [-0.2, -0.15) is 0 Å². The minimum atomic E-state index is 0. The highest BCUT2D eigenvalue weighted by Gasteiger charge is 2.13. The van der Waals surface area contributed by atoms with Gasteiger partial charge in [0.15, 0.2) is 5.96 Å². The summed E-state index contributed by atoms with van der Waals surface area (Å²) in [6.45, 7) is 14.4. The molecule has 1 saturated heterocycles. The van der Waals surface area contributed by atoms with Gasteiger partial charge in [-0.25, -0.2) is 0 Å². The first-order chi connectivity index (χ1) is 10.3. The highest BCUT2D eigenvalue weighted by atomic mass is 127. The number of hydrogen-bond donors (Lipinski definition) is 2. The number of nitrogens with zero attached hydrogens (tertiary/aromatic N) is 2. The van der Waals surface area contributed by atoms with Gasteiger partial charge in [-0.05, 0) is 19.3 Å². The minimum absolute atomic E-state index is 0. The Labute approximate surface area is 153 Å². The first kappa shape index (κ1) is 21.9. The van der Waals surface area contributed by atoms with E-state index in [0.29, 0.717) is 5.92 Å². The van der Waals surface area contributed by atoms with Crippen LogP contribution in [0.25, 0.3) is 0 Å². The molecule has 132 valence electrons. The fourth-order valence-electron chi connectivity index (χ4n) is 2.45. The molecule has 1 fully saturated rings. The fourth-order valence-corrected chi connectivity index (χ4v) is 2.45. The Kier molecular flexibility index (Phi) is 14.5. The number of morpholine rings is 1. The normalized spacial score (nSPS) is 17.7. The van der Waals surface area contributed by atoms with Gasteiger partial charge in [0.25, 0.3) is 0 Å². The molecule has 22 heavy (non-hydrogen) atoms. The van der Waals surface area contributed by atoms with Crippen molar-refractivity contribution in [3.8, 4) is 0 Å². The Hall–Kier alpha value is -0.0800. The van der Waals surface area contributed by atoms with E-state index in [0.717, 1.165) is 58.4 Å². The quantitative estimate of drug-likeness (QED) is 0.257. The van der Waals surface area contributed by atoms with Crippen molar-refractivity contribution in [2.75, 3.05) is 52.5 Å². The fraction of sp³-hybridized carbons (Fsp3) is 0.938. The topological polar surface area (TPSA) is 48.9 Å². The Morgan fingerprint density at radius 2 is 1.91 bits per heavy atom.